The van der Waals surface area contributed by atoms with E-state index in [9.17, 15) is 29.4 Å². The van der Waals surface area contributed by atoms with Crippen LogP contribution < -0.4 is 10.6 Å². The number of aliphatic hydroxyl groups excluding tert-OH is 1. The quantitative estimate of drug-likeness (QED) is 0.162. The van der Waals surface area contributed by atoms with Crippen LogP contribution in [0.2, 0.25) is 0 Å². The second-order valence-corrected chi connectivity index (χ2v) is 22.8. The number of hydrogen-bond donors (Lipinski definition) is 4. The molecular weight excluding hydrogens is 743 g/mol. The van der Waals surface area contributed by atoms with Crippen LogP contribution in [0.4, 0.5) is 0 Å². The van der Waals surface area contributed by atoms with Gasteiger partial charge in [-0.3, -0.25) is 24.2 Å². The van der Waals surface area contributed by atoms with Gasteiger partial charge in [-0.1, -0.05) is 74.0 Å². The summed E-state index contributed by atoms with van der Waals surface area (Å²) in [6.45, 7) is 25.0. The lowest BCUT2D eigenvalue weighted by molar-refractivity contribution is -0.238. The van der Waals surface area contributed by atoms with Crippen LogP contribution in [0, 0.1) is 68.0 Å². The Hall–Kier alpha value is -3.11. The van der Waals surface area contributed by atoms with Crippen LogP contribution >= 0.6 is 0 Å². The number of rotatable bonds is 11. The number of aliphatic carboxylic acids is 1. The molecule has 4 N–H and O–H groups in total. The van der Waals surface area contributed by atoms with E-state index in [0.29, 0.717) is 43.5 Å². The molecule has 0 aliphatic heterocycles. The van der Waals surface area contributed by atoms with Gasteiger partial charge >= 0.3 is 11.9 Å². The summed E-state index contributed by atoms with van der Waals surface area (Å²) >= 11 is 0. The zero-order chi connectivity index (χ0) is 43.3. The number of carbonyl (C=O) groups excluding carboxylic acids is 3. The van der Waals surface area contributed by atoms with Gasteiger partial charge in [0.15, 0.2) is 5.78 Å². The summed E-state index contributed by atoms with van der Waals surface area (Å²) in [5, 5.41) is 28.6. The molecule has 326 valence electrons. The van der Waals surface area contributed by atoms with Crippen LogP contribution in [-0.2, 0) is 19.1 Å². The van der Waals surface area contributed by atoms with Crippen molar-refractivity contribution >= 4 is 23.6 Å². The number of nitrogens with zero attached hydrogens (tertiary/aromatic N) is 1. The van der Waals surface area contributed by atoms with Crippen molar-refractivity contribution in [3.63, 3.8) is 0 Å². The molecule has 1 amide bonds. The molecule has 1 aromatic rings. The lowest BCUT2D eigenvalue weighted by atomic mass is 9.33. The molecule has 0 aromatic carbocycles. The summed E-state index contributed by atoms with van der Waals surface area (Å²) in [4.78, 5) is 56.7. The predicted molar refractivity (Wildman–Crippen MR) is 227 cm³/mol. The van der Waals surface area contributed by atoms with Gasteiger partial charge in [0.1, 0.15) is 11.8 Å². The van der Waals surface area contributed by atoms with Gasteiger partial charge in [-0.2, -0.15) is 0 Å². The minimum absolute atomic E-state index is 0.0223. The number of fused-ring (bicyclic) bond motifs is 7. The molecule has 0 bridgehead atoms. The lowest BCUT2D eigenvalue weighted by Gasteiger charge is -2.72. The minimum Gasteiger partial charge on any atom is -0.481 e. The fourth-order valence-corrected chi connectivity index (χ4v) is 14.9. The molecule has 6 aliphatic rings. The normalized spacial score (nSPS) is 38.9. The molecule has 5 saturated carbocycles. The molecule has 1 heterocycles. The SMILES string of the molecule is CC(C)C1=C2[C@H]3CC[C@@H]4[C@@]5(C)CC[C@H](OC(=O)[C@H]6C[C@@H](C(=O)O)C6(C)C)C(C)(C)[C@@H]5CC[C@@]4(C)[C@]3(C)CC[C@@]2([C@@H](O)CNCC(C)(C)NC(=O)c2ccccn2)CC1=O. The molecule has 10 heteroatoms. The van der Waals surface area contributed by atoms with Crippen molar-refractivity contribution in [2.75, 3.05) is 13.1 Å². The molecule has 5 fully saturated rings. The number of ether oxygens (including phenoxy) is 1. The van der Waals surface area contributed by atoms with E-state index in [2.05, 4.69) is 64.1 Å². The van der Waals surface area contributed by atoms with E-state index in [1.54, 1.807) is 24.4 Å². The molecule has 11 atom stereocenters. The topological polar surface area (TPSA) is 155 Å². The molecule has 1 aromatic heterocycles. The van der Waals surface area contributed by atoms with Crippen LogP contribution in [0.25, 0.3) is 0 Å². The van der Waals surface area contributed by atoms with Crippen molar-refractivity contribution < 1.29 is 34.1 Å². The second-order valence-electron chi connectivity index (χ2n) is 22.8. The molecule has 7 rings (SSSR count). The van der Waals surface area contributed by atoms with Crippen molar-refractivity contribution in [2.24, 2.45) is 68.0 Å². The smallest absolute Gasteiger partial charge is 0.309 e. The number of amides is 1. The largest absolute Gasteiger partial charge is 0.481 e. The van der Waals surface area contributed by atoms with Crippen molar-refractivity contribution in [2.45, 2.75) is 158 Å². The molecule has 0 radical (unpaired) electrons. The predicted octanol–water partition coefficient (Wildman–Crippen LogP) is 8.18. The molecule has 0 saturated heterocycles. The highest BCUT2D eigenvalue weighted by molar-refractivity contribution is 6.01. The van der Waals surface area contributed by atoms with E-state index in [1.807, 2.05) is 27.7 Å². The molecule has 10 nitrogen and oxygen atoms in total. The summed E-state index contributed by atoms with van der Waals surface area (Å²) in [5.74, 6) is -0.921. The number of hydrogen-bond acceptors (Lipinski definition) is 8. The Bertz CT molecular complexity index is 1890. The first kappa shape index (κ1) is 44.0. The first-order valence-corrected chi connectivity index (χ1v) is 22.7. The van der Waals surface area contributed by atoms with Gasteiger partial charge in [-0.15, -0.1) is 0 Å². The average molecular weight is 816 g/mol. The van der Waals surface area contributed by atoms with Crippen molar-refractivity contribution in [3.05, 3.63) is 41.2 Å². The first-order chi connectivity index (χ1) is 27.4. The van der Waals surface area contributed by atoms with Crippen LogP contribution in [0.5, 0.6) is 0 Å². The van der Waals surface area contributed by atoms with Gasteiger partial charge < -0.3 is 25.6 Å². The van der Waals surface area contributed by atoms with Crippen LogP contribution in [-0.4, -0.2) is 69.7 Å². The Labute approximate surface area is 352 Å². The van der Waals surface area contributed by atoms with E-state index in [4.69, 9.17) is 4.74 Å². The van der Waals surface area contributed by atoms with E-state index in [-0.39, 0.29) is 57.3 Å². The fourth-order valence-electron chi connectivity index (χ4n) is 14.9. The molecule has 0 unspecified atom stereocenters. The summed E-state index contributed by atoms with van der Waals surface area (Å²) in [6.07, 6.45) is 9.03. The Morgan fingerprint density at radius 3 is 2.24 bits per heavy atom. The highest BCUT2D eigenvalue weighted by Crippen LogP contribution is 2.77. The van der Waals surface area contributed by atoms with E-state index in [1.165, 1.54) is 5.57 Å². The first-order valence-electron chi connectivity index (χ1n) is 22.7. The zero-order valence-corrected chi connectivity index (χ0v) is 37.8. The highest BCUT2D eigenvalue weighted by Gasteiger charge is 2.71. The summed E-state index contributed by atoms with van der Waals surface area (Å²) in [6, 6.07) is 5.27. The van der Waals surface area contributed by atoms with Gasteiger partial charge in [0, 0.05) is 42.1 Å². The van der Waals surface area contributed by atoms with Crippen molar-refractivity contribution in [1.29, 1.82) is 0 Å². The molecule has 6 aliphatic carbocycles. The number of Topliss-reactive ketones (excluding diaryl/α,β-unsaturated/α-hetero) is 1. The number of aliphatic hydroxyl groups is 1. The maximum atomic E-state index is 14.2. The molecule has 0 spiro atoms. The third kappa shape index (κ3) is 6.74. The molecule has 59 heavy (non-hydrogen) atoms. The van der Waals surface area contributed by atoms with Gasteiger partial charge in [0.25, 0.3) is 5.91 Å². The lowest BCUT2D eigenvalue weighted by Crippen LogP contribution is -2.66. The summed E-state index contributed by atoms with van der Waals surface area (Å²) < 4.78 is 6.42. The van der Waals surface area contributed by atoms with E-state index >= 15 is 0 Å². The Morgan fingerprint density at radius 2 is 1.61 bits per heavy atom. The fraction of sp³-hybridized carbons (Fsp3) is 0.776. The Morgan fingerprint density at radius 1 is 0.898 bits per heavy atom. The number of nitrogens with one attached hydrogen (secondary N) is 2. The third-order valence-electron chi connectivity index (χ3n) is 18.4. The van der Waals surface area contributed by atoms with Gasteiger partial charge in [0.2, 0.25) is 0 Å². The summed E-state index contributed by atoms with van der Waals surface area (Å²) in [5.41, 5.74) is 0.525. The van der Waals surface area contributed by atoms with Crippen LogP contribution in [0.3, 0.4) is 0 Å². The Kier molecular flexibility index (Phi) is 11.0. The highest BCUT2D eigenvalue weighted by atomic mass is 16.5. The summed E-state index contributed by atoms with van der Waals surface area (Å²) in [7, 11) is 0. The number of esters is 1. The van der Waals surface area contributed by atoms with Gasteiger partial charge in [-0.25, -0.2) is 0 Å². The van der Waals surface area contributed by atoms with Crippen molar-refractivity contribution in [3.8, 4) is 0 Å². The number of carboxylic acid groups (broad SMARTS) is 1. The van der Waals surface area contributed by atoms with Gasteiger partial charge in [0.05, 0.1) is 17.9 Å². The number of ketones is 1. The van der Waals surface area contributed by atoms with Gasteiger partial charge in [-0.05, 0) is 135 Å². The maximum Gasteiger partial charge on any atom is 0.309 e. The third-order valence-corrected chi connectivity index (χ3v) is 18.4. The number of pyridine rings is 1. The number of carbonyl (C=O) groups is 4. The number of aromatic nitrogens is 1. The maximum absolute atomic E-state index is 14.2. The van der Waals surface area contributed by atoms with Crippen LogP contribution in [0.15, 0.2) is 35.5 Å². The standard InChI is InChI=1S/C49H73N3O7/c1-28(2)38-33(53)25-49(36(54)26-50-27-43(3,4)52-40(55)32-14-12-13-23-51-32)22-21-47(10)29(39(38)49)15-16-35-46(9)19-18-37(45(7,8)34(46)17-20-48(35,47)11)59-42(58)31-24-30(41(56)57)44(31,5)6/h12-14,23,28-31,34-37,50,54H,15-22,24-27H2,1-11H3,(H,52,55)(H,56,57)/t29-,30+,31-,34+,35-,36+,37+,46+,47-,48-,49+/m1/s1. The van der Waals surface area contributed by atoms with E-state index < -0.39 is 40.3 Å². The van der Waals surface area contributed by atoms with Crippen LogP contribution in [0.1, 0.15) is 151 Å². The van der Waals surface area contributed by atoms with Crippen molar-refractivity contribution in [1.82, 2.24) is 15.6 Å². The minimum atomic E-state index is -0.838. The number of carboxylic acids is 1. The monoisotopic (exact) mass is 816 g/mol. The number of allylic oxidation sites excluding steroid dienone is 1. The molecular formula is C49H73N3O7. The average Bonchev–Trinajstić information content (AvgIpc) is 3.45. The van der Waals surface area contributed by atoms with E-state index in [0.717, 1.165) is 56.9 Å². The Balaban J connectivity index is 1.09. The second kappa shape index (κ2) is 14.8. The zero-order valence-electron chi connectivity index (χ0n) is 37.8.